The molecule has 2 aliphatic rings. The summed E-state index contributed by atoms with van der Waals surface area (Å²) in [5, 5.41) is 3.26. The van der Waals surface area contributed by atoms with Gasteiger partial charge in [0.15, 0.2) is 0 Å². The first-order valence-electron chi connectivity index (χ1n) is 6.56. The SMILES string of the molecule is CCC1NCN(C(C)CN2CCOCC2)C1=O. The van der Waals surface area contributed by atoms with E-state index in [1.807, 2.05) is 11.8 Å². The normalized spacial score (nSPS) is 28.7. The first kappa shape index (κ1) is 12.8. The van der Waals surface area contributed by atoms with Gasteiger partial charge in [0.05, 0.1) is 25.9 Å². The number of amides is 1. The highest BCUT2D eigenvalue weighted by atomic mass is 16.5. The van der Waals surface area contributed by atoms with Gasteiger partial charge in [-0.25, -0.2) is 0 Å². The molecule has 1 amide bonds. The summed E-state index contributed by atoms with van der Waals surface area (Å²) in [7, 11) is 0. The van der Waals surface area contributed by atoms with Gasteiger partial charge < -0.3 is 9.64 Å². The maximum absolute atomic E-state index is 12.0. The van der Waals surface area contributed by atoms with E-state index in [1.165, 1.54) is 0 Å². The number of ether oxygens (including phenoxy) is 1. The standard InChI is InChI=1S/C12H23N3O2/c1-3-11-12(16)15(9-13-11)10(2)8-14-4-6-17-7-5-14/h10-11,13H,3-9H2,1-2H3. The Morgan fingerprint density at radius 3 is 2.76 bits per heavy atom. The summed E-state index contributed by atoms with van der Waals surface area (Å²) in [6.07, 6.45) is 0.875. The minimum atomic E-state index is 0.0298. The number of nitrogens with one attached hydrogen (secondary N) is 1. The summed E-state index contributed by atoms with van der Waals surface area (Å²) in [6.45, 7) is 9.43. The van der Waals surface area contributed by atoms with E-state index in [9.17, 15) is 4.79 Å². The van der Waals surface area contributed by atoms with Crippen LogP contribution in [0.1, 0.15) is 20.3 Å². The molecule has 1 N–H and O–H groups in total. The largest absolute Gasteiger partial charge is 0.379 e. The highest BCUT2D eigenvalue weighted by Crippen LogP contribution is 2.12. The summed E-state index contributed by atoms with van der Waals surface area (Å²) in [5.41, 5.74) is 0. The molecule has 2 fully saturated rings. The molecule has 17 heavy (non-hydrogen) atoms. The van der Waals surface area contributed by atoms with Crippen LogP contribution in [0.15, 0.2) is 0 Å². The lowest BCUT2D eigenvalue weighted by atomic mass is 10.2. The molecule has 0 saturated carbocycles. The van der Waals surface area contributed by atoms with E-state index in [-0.39, 0.29) is 18.0 Å². The second-order valence-electron chi connectivity index (χ2n) is 4.89. The molecule has 5 heteroatoms. The summed E-state index contributed by atoms with van der Waals surface area (Å²) in [4.78, 5) is 16.4. The lowest BCUT2D eigenvalue weighted by Gasteiger charge is -2.32. The van der Waals surface area contributed by atoms with E-state index in [4.69, 9.17) is 4.74 Å². The zero-order chi connectivity index (χ0) is 12.3. The third kappa shape index (κ3) is 2.97. The molecule has 2 heterocycles. The molecular weight excluding hydrogens is 218 g/mol. The van der Waals surface area contributed by atoms with Crippen LogP contribution in [0.3, 0.4) is 0 Å². The van der Waals surface area contributed by atoms with Gasteiger partial charge in [0, 0.05) is 25.7 Å². The molecule has 2 rings (SSSR count). The Kier molecular flexibility index (Phi) is 4.36. The number of hydrogen-bond acceptors (Lipinski definition) is 4. The van der Waals surface area contributed by atoms with Gasteiger partial charge in [-0.2, -0.15) is 0 Å². The Hall–Kier alpha value is -0.650. The Morgan fingerprint density at radius 1 is 1.47 bits per heavy atom. The number of carbonyl (C=O) groups is 1. The van der Waals surface area contributed by atoms with Gasteiger partial charge in [0.1, 0.15) is 0 Å². The number of carbonyl (C=O) groups excluding carboxylic acids is 1. The highest BCUT2D eigenvalue weighted by molar-refractivity contribution is 5.83. The molecule has 0 aromatic carbocycles. The fourth-order valence-electron chi connectivity index (χ4n) is 2.52. The topological polar surface area (TPSA) is 44.8 Å². The lowest BCUT2D eigenvalue weighted by Crippen LogP contribution is -2.47. The molecule has 0 spiro atoms. The van der Waals surface area contributed by atoms with Crippen LogP contribution in [0.4, 0.5) is 0 Å². The summed E-state index contributed by atoms with van der Waals surface area (Å²) in [5.74, 6) is 0.258. The first-order chi connectivity index (χ1) is 8.22. The highest BCUT2D eigenvalue weighted by Gasteiger charge is 2.33. The van der Waals surface area contributed by atoms with Crippen LogP contribution in [0.25, 0.3) is 0 Å². The van der Waals surface area contributed by atoms with Crippen LogP contribution in [-0.2, 0) is 9.53 Å². The third-order valence-electron chi connectivity index (χ3n) is 3.66. The van der Waals surface area contributed by atoms with Crippen LogP contribution in [0.2, 0.25) is 0 Å². The van der Waals surface area contributed by atoms with E-state index in [2.05, 4.69) is 17.1 Å². The van der Waals surface area contributed by atoms with Crippen molar-refractivity contribution in [3.63, 3.8) is 0 Å². The van der Waals surface area contributed by atoms with Crippen LogP contribution in [0, 0.1) is 0 Å². The van der Waals surface area contributed by atoms with E-state index in [0.717, 1.165) is 39.3 Å². The van der Waals surface area contributed by atoms with Crippen molar-refractivity contribution >= 4 is 5.91 Å². The maximum Gasteiger partial charge on any atom is 0.241 e. The van der Waals surface area contributed by atoms with Crippen LogP contribution < -0.4 is 5.32 Å². The quantitative estimate of drug-likeness (QED) is 0.745. The minimum absolute atomic E-state index is 0.0298. The van der Waals surface area contributed by atoms with Gasteiger partial charge in [-0.05, 0) is 13.3 Å². The summed E-state index contributed by atoms with van der Waals surface area (Å²) in [6, 6.07) is 0.312. The second kappa shape index (κ2) is 5.80. The fourth-order valence-corrected chi connectivity index (χ4v) is 2.52. The Balaban J connectivity index is 1.83. The number of morpholine rings is 1. The van der Waals surface area contributed by atoms with Crippen molar-refractivity contribution in [2.45, 2.75) is 32.4 Å². The third-order valence-corrected chi connectivity index (χ3v) is 3.66. The molecule has 0 aliphatic carbocycles. The van der Waals surface area contributed by atoms with Gasteiger partial charge in [-0.3, -0.25) is 15.0 Å². The Labute approximate surface area is 103 Å². The average Bonchev–Trinajstić information content (AvgIpc) is 2.71. The summed E-state index contributed by atoms with van der Waals surface area (Å²) < 4.78 is 5.33. The second-order valence-corrected chi connectivity index (χ2v) is 4.89. The molecule has 0 bridgehead atoms. The lowest BCUT2D eigenvalue weighted by molar-refractivity contribution is -0.131. The monoisotopic (exact) mass is 241 g/mol. The van der Waals surface area contributed by atoms with Crippen LogP contribution >= 0.6 is 0 Å². The fraction of sp³-hybridized carbons (Fsp3) is 0.917. The van der Waals surface area contributed by atoms with Gasteiger partial charge in [0.25, 0.3) is 0 Å². The molecule has 98 valence electrons. The smallest absolute Gasteiger partial charge is 0.241 e. The zero-order valence-electron chi connectivity index (χ0n) is 10.8. The van der Waals surface area contributed by atoms with Crippen molar-refractivity contribution in [1.29, 1.82) is 0 Å². The molecule has 5 nitrogen and oxygen atoms in total. The minimum Gasteiger partial charge on any atom is -0.379 e. The van der Waals surface area contributed by atoms with Crippen molar-refractivity contribution in [3.05, 3.63) is 0 Å². The van der Waals surface area contributed by atoms with E-state index < -0.39 is 0 Å². The molecule has 2 unspecified atom stereocenters. The van der Waals surface area contributed by atoms with Gasteiger partial charge in [-0.1, -0.05) is 6.92 Å². The Morgan fingerprint density at radius 2 is 2.18 bits per heavy atom. The van der Waals surface area contributed by atoms with E-state index in [1.54, 1.807) is 0 Å². The zero-order valence-corrected chi connectivity index (χ0v) is 10.8. The first-order valence-corrected chi connectivity index (χ1v) is 6.56. The van der Waals surface area contributed by atoms with Crippen molar-refractivity contribution < 1.29 is 9.53 Å². The molecule has 0 aromatic heterocycles. The average molecular weight is 241 g/mol. The van der Waals surface area contributed by atoms with Crippen molar-refractivity contribution in [2.24, 2.45) is 0 Å². The molecule has 2 atom stereocenters. The van der Waals surface area contributed by atoms with Crippen LogP contribution in [-0.4, -0.2) is 67.3 Å². The van der Waals surface area contributed by atoms with Gasteiger partial charge in [0.2, 0.25) is 5.91 Å². The van der Waals surface area contributed by atoms with Gasteiger partial charge in [-0.15, -0.1) is 0 Å². The van der Waals surface area contributed by atoms with E-state index >= 15 is 0 Å². The predicted molar refractivity (Wildman–Crippen MR) is 65.6 cm³/mol. The number of hydrogen-bond donors (Lipinski definition) is 1. The molecular formula is C12H23N3O2. The summed E-state index contributed by atoms with van der Waals surface area (Å²) >= 11 is 0. The maximum atomic E-state index is 12.0. The molecule has 0 radical (unpaired) electrons. The number of nitrogens with zero attached hydrogens (tertiary/aromatic N) is 2. The van der Waals surface area contributed by atoms with Crippen molar-refractivity contribution in [1.82, 2.24) is 15.1 Å². The predicted octanol–water partition coefficient (Wildman–Crippen LogP) is -0.125. The van der Waals surface area contributed by atoms with E-state index in [0.29, 0.717) is 6.67 Å². The van der Waals surface area contributed by atoms with Crippen molar-refractivity contribution in [2.75, 3.05) is 39.5 Å². The molecule has 0 aromatic rings. The molecule has 2 saturated heterocycles. The van der Waals surface area contributed by atoms with Crippen molar-refractivity contribution in [3.8, 4) is 0 Å². The molecule has 2 aliphatic heterocycles. The van der Waals surface area contributed by atoms with Crippen LogP contribution in [0.5, 0.6) is 0 Å². The Bertz CT molecular complexity index is 266. The van der Waals surface area contributed by atoms with Gasteiger partial charge >= 0.3 is 0 Å². The number of rotatable bonds is 4.